The molecule has 0 aliphatic carbocycles. The molecule has 3 heterocycles. The van der Waals surface area contributed by atoms with E-state index in [9.17, 15) is 4.79 Å². The van der Waals surface area contributed by atoms with Gasteiger partial charge in [0.1, 0.15) is 10.5 Å². The van der Waals surface area contributed by atoms with Crippen LogP contribution in [-0.4, -0.2) is 26.5 Å². The van der Waals surface area contributed by atoms with E-state index in [1.807, 2.05) is 49.6 Å². The van der Waals surface area contributed by atoms with Crippen LogP contribution in [0, 0.1) is 0 Å². The van der Waals surface area contributed by atoms with E-state index in [4.69, 9.17) is 0 Å². The summed E-state index contributed by atoms with van der Waals surface area (Å²) in [5, 5.41) is 2.79. The van der Waals surface area contributed by atoms with Gasteiger partial charge in [-0.05, 0) is 38.1 Å². The molecule has 6 heteroatoms. The number of pyridine rings is 2. The minimum Gasteiger partial charge on any atom is -0.274 e. The second-order valence-electron chi connectivity index (χ2n) is 5.61. The van der Waals surface area contributed by atoms with Gasteiger partial charge in [0, 0.05) is 35.6 Å². The molecule has 5 nitrogen and oxygen atoms in total. The Morgan fingerprint density at radius 2 is 2.17 bits per heavy atom. The molecule has 0 amide bonds. The summed E-state index contributed by atoms with van der Waals surface area (Å²) in [6, 6.07) is 9.53. The van der Waals surface area contributed by atoms with Crippen molar-refractivity contribution in [2.45, 2.75) is 26.3 Å². The molecule has 122 valence electrons. The standard InChI is InChI=1S/C18H18N4OS/c1-13(2)20-16-7-3-4-9-22(16)17(23)10-15-12-24-18(21-15)14-6-5-8-19-11-14/h3-9,11-13H,10H2,1-2H3. The molecule has 0 aliphatic heterocycles. The van der Waals surface area contributed by atoms with E-state index in [0.29, 0.717) is 5.49 Å². The number of carbonyl (C=O) groups is 1. The lowest BCUT2D eigenvalue weighted by atomic mass is 10.3. The maximum Gasteiger partial charge on any atom is 0.238 e. The number of carbonyl (C=O) groups excluding carboxylic acids is 1. The summed E-state index contributed by atoms with van der Waals surface area (Å²) in [5.41, 5.74) is 2.39. The molecule has 0 aliphatic rings. The van der Waals surface area contributed by atoms with E-state index in [0.717, 1.165) is 16.3 Å². The van der Waals surface area contributed by atoms with Crippen molar-refractivity contribution in [2.24, 2.45) is 4.99 Å². The minimum absolute atomic E-state index is 0.0435. The summed E-state index contributed by atoms with van der Waals surface area (Å²) in [4.78, 5) is 25.8. The van der Waals surface area contributed by atoms with Crippen molar-refractivity contribution in [1.29, 1.82) is 0 Å². The highest BCUT2D eigenvalue weighted by molar-refractivity contribution is 7.13. The molecule has 3 aromatic rings. The molecule has 0 bridgehead atoms. The Kier molecular flexibility index (Phi) is 4.96. The van der Waals surface area contributed by atoms with Crippen LogP contribution in [0.4, 0.5) is 0 Å². The molecular weight excluding hydrogens is 320 g/mol. The summed E-state index contributed by atoms with van der Waals surface area (Å²) >= 11 is 1.52. The van der Waals surface area contributed by atoms with Gasteiger partial charge in [-0.25, -0.2) is 4.98 Å². The van der Waals surface area contributed by atoms with Gasteiger partial charge in [-0.1, -0.05) is 6.07 Å². The van der Waals surface area contributed by atoms with Crippen LogP contribution in [0.15, 0.2) is 59.3 Å². The van der Waals surface area contributed by atoms with Crippen LogP contribution in [0.1, 0.15) is 24.3 Å². The average Bonchev–Trinajstić information content (AvgIpc) is 3.04. The third-order valence-electron chi connectivity index (χ3n) is 3.29. The zero-order valence-electron chi connectivity index (χ0n) is 13.6. The van der Waals surface area contributed by atoms with E-state index in [2.05, 4.69) is 15.0 Å². The van der Waals surface area contributed by atoms with Crippen LogP contribution in [0.3, 0.4) is 0 Å². The highest BCUT2D eigenvalue weighted by Crippen LogP contribution is 2.22. The van der Waals surface area contributed by atoms with Crippen LogP contribution in [0.2, 0.25) is 0 Å². The van der Waals surface area contributed by atoms with Crippen molar-refractivity contribution in [3.05, 3.63) is 65.5 Å². The van der Waals surface area contributed by atoms with Gasteiger partial charge in [-0.3, -0.25) is 19.3 Å². The van der Waals surface area contributed by atoms with E-state index >= 15 is 0 Å². The SMILES string of the molecule is CC(C)N=c1ccccn1C(=O)Cc1csc(-c2cccnc2)n1. The molecule has 0 aromatic carbocycles. The zero-order valence-corrected chi connectivity index (χ0v) is 14.4. The first-order valence-corrected chi connectivity index (χ1v) is 8.61. The number of nitrogens with zero attached hydrogens (tertiary/aromatic N) is 4. The molecular formula is C18H18N4OS. The van der Waals surface area contributed by atoms with E-state index < -0.39 is 0 Å². The van der Waals surface area contributed by atoms with Crippen molar-refractivity contribution in [1.82, 2.24) is 14.5 Å². The predicted octanol–water partition coefficient (Wildman–Crippen LogP) is 3.20. The number of rotatable bonds is 4. The van der Waals surface area contributed by atoms with Gasteiger partial charge >= 0.3 is 0 Å². The van der Waals surface area contributed by atoms with Crippen molar-refractivity contribution in [3.8, 4) is 10.6 Å². The van der Waals surface area contributed by atoms with Crippen LogP contribution >= 0.6 is 11.3 Å². The van der Waals surface area contributed by atoms with Crippen molar-refractivity contribution in [2.75, 3.05) is 0 Å². The second-order valence-corrected chi connectivity index (χ2v) is 6.47. The molecule has 0 unspecified atom stereocenters. The fourth-order valence-electron chi connectivity index (χ4n) is 2.26. The van der Waals surface area contributed by atoms with Crippen molar-refractivity contribution >= 4 is 17.2 Å². The summed E-state index contributed by atoms with van der Waals surface area (Å²) in [5.74, 6) is -0.0435. The van der Waals surface area contributed by atoms with Gasteiger partial charge in [0.05, 0.1) is 12.1 Å². The fraction of sp³-hybridized carbons (Fsp3) is 0.222. The molecule has 0 saturated heterocycles. The fourth-order valence-corrected chi connectivity index (χ4v) is 3.08. The van der Waals surface area contributed by atoms with Gasteiger partial charge in [0.25, 0.3) is 0 Å². The molecule has 3 rings (SSSR count). The van der Waals surface area contributed by atoms with Crippen molar-refractivity contribution in [3.63, 3.8) is 0 Å². The predicted molar refractivity (Wildman–Crippen MR) is 94.8 cm³/mol. The largest absolute Gasteiger partial charge is 0.274 e. The molecule has 0 spiro atoms. The summed E-state index contributed by atoms with van der Waals surface area (Å²) < 4.78 is 1.59. The zero-order chi connectivity index (χ0) is 16.9. The Bertz CT molecular complexity index is 896. The van der Waals surface area contributed by atoms with Gasteiger partial charge in [0.2, 0.25) is 5.91 Å². The van der Waals surface area contributed by atoms with Crippen molar-refractivity contribution < 1.29 is 4.79 Å². The summed E-state index contributed by atoms with van der Waals surface area (Å²) in [7, 11) is 0. The Labute approximate surface area is 144 Å². The summed E-state index contributed by atoms with van der Waals surface area (Å²) in [6.07, 6.45) is 5.49. The molecule has 0 atom stereocenters. The third kappa shape index (κ3) is 3.83. The normalized spacial score (nSPS) is 11.9. The molecule has 0 N–H and O–H groups in total. The number of hydrogen-bond donors (Lipinski definition) is 0. The molecule has 24 heavy (non-hydrogen) atoms. The number of hydrogen-bond acceptors (Lipinski definition) is 5. The Morgan fingerprint density at radius 3 is 2.92 bits per heavy atom. The lowest BCUT2D eigenvalue weighted by Gasteiger charge is -2.06. The van der Waals surface area contributed by atoms with Gasteiger partial charge in [-0.15, -0.1) is 11.3 Å². The molecule has 0 fully saturated rings. The average molecular weight is 338 g/mol. The first kappa shape index (κ1) is 16.3. The van der Waals surface area contributed by atoms with Crippen LogP contribution in [0.5, 0.6) is 0 Å². The van der Waals surface area contributed by atoms with Gasteiger partial charge < -0.3 is 0 Å². The van der Waals surface area contributed by atoms with Gasteiger partial charge in [0.15, 0.2) is 0 Å². The Hall–Kier alpha value is -2.60. The number of aromatic nitrogens is 3. The first-order chi connectivity index (χ1) is 11.6. The monoisotopic (exact) mass is 338 g/mol. The maximum absolute atomic E-state index is 12.6. The minimum atomic E-state index is -0.0435. The topological polar surface area (TPSA) is 60.1 Å². The smallest absolute Gasteiger partial charge is 0.238 e. The van der Waals surface area contributed by atoms with Crippen LogP contribution in [0.25, 0.3) is 10.6 Å². The highest BCUT2D eigenvalue weighted by atomic mass is 32.1. The van der Waals surface area contributed by atoms with Gasteiger partial charge in [-0.2, -0.15) is 0 Å². The second kappa shape index (κ2) is 7.31. The van der Waals surface area contributed by atoms with E-state index in [1.165, 1.54) is 11.3 Å². The quantitative estimate of drug-likeness (QED) is 0.734. The first-order valence-electron chi connectivity index (χ1n) is 7.73. The third-order valence-corrected chi connectivity index (χ3v) is 4.23. The van der Waals surface area contributed by atoms with E-state index in [1.54, 1.807) is 23.2 Å². The van der Waals surface area contributed by atoms with E-state index in [-0.39, 0.29) is 18.4 Å². The highest BCUT2D eigenvalue weighted by Gasteiger charge is 2.11. The lowest BCUT2D eigenvalue weighted by molar-refractivity contribution is 0.0907. The molecule has 0 saturated carbocycles. The van der Waals surface area contributed by atoms with Crippen LogP contribution in [-0.2, 0) is 6.42 Å². The molecule has 3 aromatic heterocycles. The Balaban J connectivity index is 1.83. The number of thiazole rings is 1. The lowest BCUT2D eigenvalue weighted by Crippen LogP contribution is -2.28. The van der Waals surface area contributed by atoms with Crippen LogP contribution < -0.4 is 5.49 Å². The Morgan fingerprint density at radius 1 is 1.29 bits per heavy atom. The molecule has 0 radical (unpaired) electrons. The summed E-state index contributed by atoms with van der Waals surface area (Å²) in [6.45, 7) is 3.98. The maximum atomic E-state index is 12.6.